The van der Waals surface area contributed by atoms with Gasteiger partial charge in [-0.2, -0.15) is 0 Å². The van der Waals surface area contributed by atoms with Crippen LogP contribution < -0.4 is 5.32 Å². The van der Waals surface area contributed by atoms with Gasteiger partial charge in [0, 0.05) is 25.0 Å². The molecule has 1 amide bonds. The maximum absolute atomic E-state index is 11.9. The minimum Gasteiger partial charge on any atom is -0.481 e. The molecule has 20 heavy (non-hydrogen) atoms. The van der Waals surface area contributed by atoms with Gasteiger partial charge in [-0.25, -0.2) is 12.7 Å². The number of carboxylic acids is 1. The molecule has 0 aromatic heterocycles. The van der Waals surface area contributed by atoms with E-state index in [4.69, 9.17) is 5.11 Å². The first-order valence-corrected chi connectivity index (χ1v) is 8.46. The lowest BCUT2D eigenvalue weighted by Crippen LogP contribution is -2.48. The van der Waals surface area contributed by atoms with Crippen molar-refractivity contribution in [2.45, 2.75) is 32.7 Å². The number of carboxylic acid groups (broad SMARTS) is 1. The van der Waals surface area contributed by atoms with Crippen LogP contribution >= 0.6 is 0 Å². The summed E-state index contributed by atoms with van der Waals surface area (Å²) in [6.45, 7) is 3.85. The Kier molecular flexibility index (Phi) is 5.52. The van der Waals surface area contributed by atoms with Crippen molar-refractivity contribution in [1.82, 2.24) is 9.62 Å². The number of carbonyl (C=O) groups is 2. The van der Waals surface area contributed by atoms with Gasteiger partial charge in [-0.1, -0.05) is 13.8 Å². The number of amides is 1. The lowest BCUT2D eigenvalue weighted by atomic mass is 9.94. The highest BCUT2D eigenvalue weighted by molar-refractivity contribution is 7.88. The van der Waals surface area contributed by atoms with Gasteiger partial charge in [-0.3, -0.25) is 9.59 Å². The lowest BCUT2D eigenvalue weighted by Gasteiger charge is -2.31. The molecule has 0 aliphatic carbocycles. The van der Waals surface area contributed by atoms with E-state index in [1.807, 2.05) is 0 Å². The van der Waals surface area contributed by atoms with Gasteiger partial charge in [0.15, 0.2) is 0 Å². The number of nitrogens with one attached hydrogen (secondary N) is 1. The van der Waals surface area contributed by atoms with Gasteiger partial charge in [-0.15, -0.1) is 0 Å². The van der Waals surface area contributed by atoms with Gasteiger partial charge in [0.1, 0.15) is 0 Å². The summed E-state index contributed by atoms with van der Waals surface area (Å²) in [5.74, 6) is -2.65. The molecule has 1 aliphatic heterocycles. The van der Waals surface area contributed by atoms with Crippen LogP contribution in [0.4, 0.5) is 0 Å². The van der Waals surface area contributed by atoms with Crippen LogP contribution in [0.1, 0.15) is 26.7 Å². The fourth-order valence-corrected chi connectivity index (χ4v) is 2.98. The van der Waals surface area contributed by atoms with Crippen LogP contribution in [0.2, 0.25) is 0 Å². The second-order valence-electron chi connectivity index (χ2n) is 5.36. The average Bonchev–Trinajstić information content (AvgIpc) is 2.36. The van der Waals surface area contributed by atoms with Crippen LogP contribution in [-0.2, 0) is 19.6 Å². The van der Waals surface area contributed by atoms with Crippen molar-refractivity contribution in [3.63, 3.8) is 0 Å². The fourth-order valence-electron chi connectivity index (χ4n) is 2.11. The zero-order valence-corrected chi connectivity index (χ0v) is 12.8. The topological polar surface area (TPSA) is 104 Å². The predicted octanol–water partition coefficient (Wildman–Crippen LogP) is -0.117. The number of hydrogen-bond donors (Lipinski definition) is 2. The van der Waals surface area contributed by atoms with Gasteiger partial charge in [0.05, 0.1) is 12.2 Å². The van der Waals surface area contributed by atoms with Crippen LogP contribution in [0.25, 0.3) is 0 Å². The Morgan fingerprint density at radius 2 is 1.70 bits per heavy atom. The molecular formula is C12H22N2O5S. The molecule has 8 heteroatoms. The Morgan fingerprint density at radius 1 is 1.20 bits per heavy atom. The molecule has 1 fully saturated rings. The molecule has 2 N–H and O–H groups in total. The molecule has 7 nitrogen and oxygen atoms in total. The van der Waals surface area contributed by atoms with Crippen molar-refractivity contribution in [2.75, 3.05) is 19.3 Å². The van der Waals surface area contributed by atoms with Gasteiger partial charge in [0.25, 0.3) is 0 Å². The van der Waals surface area contributed by atoms with E-state index < -0.39 is 27.8 Å². The molecule has 1 saturated heterocycles. The van der Waals surface area contributed by atoms with Gasteiger partial charge < -0.3 is 10.4 Å². The number of sulfonamides is 1. The van der Waals surface area contributed by atoms with Crippen LogP contribution in [0.5, 0.6) is 0 Å². The highest BCUT2D eigenvalue weighted by Crippen LogP contribution is 2.16. The SMILES string of the molecule is CC(C(=O)O)C(C)C(=O)NC1CCN(S(C)(=O)=O)CC1. The summed E-state index contributed by atoms with van der Waals surface area (Å²) < 4.78 is 24.1. The summed E-state index contributed by atoms with van der Waals surface area (Å²) in [6, 6.07) is -0.0936. The van der Waals surface area contributed by atoms with Crippen LogP contribution in [0.15, 0.2) is 0 Å². The minimum absolute atomic E-state index is 0.0936. The Labute approximate surface area is 119 Å². The summed E-state index contributed by atoms with van der Waals surface area (Å²) in [5.41, 5.74) is 0. The van der Waals surface area contributed by atoms with E-state index in [0.29, 0.717) is 25.9 Å². The third-order valence-corrected chi connectivity index (χ3v) is 5.13. The zero-order chi connectivity index (χ0) is 15.5. The Balaban J connectivity index is 2.48. The third kappa shape index (κ3) is 4.45. The van der Waals surface area contributed by atoms with E-state index in [2.05, 4.69) is 5.32 Å². The summed E-state index contributed by atoms with van der Waals surface area (Å²) >= 11 is 0. The molecule has 0 radical (unpaired) electrons. The van der Waals surface area contributed by atoms with Crippen molar-refractivity contribution >= 4 is 21.9 Å². The predicted molar refractivity (Wildman–Crippen MR) is 73.5 cm³/mol. The molecule has 1 rings (SSSR count). The first-order chi connectivity index (χ1) is 9.12. The maximum Gasteiger partial charge on any atom is 0.307 e. The first-order valence-electron chi connectivity index (χ1n) is 6.61. The molecule has 116 valence electrons. The number of nitrogens with zero attached hydrogens (tertiary/aromatic N) is 1. The highest BCUT2D eigenvalue weighted by atomic mass is 32.2. The standard InChI is InChI=1S/C12H22N2O5S/c1-8(9(2)12(16)17)11(15)13-10-4-6-14(7-5-10)20(3,18)19/h8-10H,4-7H2,1-3H3,(H,13,15)(H,16,17). The van der Waals surface area contributed by atoms with Crippen molar-refractivity contribution in [1.29, 1.82) is 0 Å². The van der Waals surface area contributed by atoms with E-state index in [1.165, 1.54) is 17.5 Å². The van der Waals surface area contributed by atoms with Crippen molar-refractivity contribution < 1.29 is 23.1 Å². The van der Waals surface area contributed by atoms with Crippen molar-refractivity contribution in [2.24, 2.45) is 11.8 Å². The second kappa shape index (κ2) is 6.53. The normalized spacial score (nSPS) is 21.1. The molecule has 0 bridgehead atoms. The molecular weight excluding hydrogens is 284 g/mol. The number of carbonyl (C=O) groups excluding carboxylic acids is 1. The van der Waals surface area contributed by atoms with Gasteiger partial charge in [0.2, 0.25) is 15.9 Å². The largest absolute Gasteiger partial charge is 0.481 e. The van der Waals surface area contributed by atoms with E-state index >= 15 is 0 Å². The van der Waals surface area contributed by atoms with Crippen molar-refractivity contribution in [3.8, 4) is 0 Å². The van der Waals surface area contributed by atoms with E-state index in [9.17, 15) is 18.0 Å². The first kappa shape index (κ1) is 16.9. The quantitative estimate of drug-likeness (QED) is 0.737. The molecule has 1 aliphatic rings. The minimum atomic E-state index is -3.18. The van der Waals surface area contributed by atoms with E-state index in [0.717, 1.165) is 0 Å². The number of hydrogen-bond acceptors (Lipinski definition) is 4. The zero-order valence-electron chi connectivity index (χ0n) is 12.0. The van der Waals surface area contributed by atoms with E-state index in [-0.39, 0.29) is 11.9 Å². The Hall–Kier alpha value is -1.15. The van der Waals surface area contributed by atoms with Crippen LogP contribution in [-0.4, -0.2) is 55.1 Å². The molecule has 0 aromatic carbocycles. The molecule has 2 atom stereocenters. The number of piperidine rings is 1. The molecule has 2 unspecified atom stereocenters. The molecule has 0 aromatic rings. The Morgan fingerprint density at radius 3 is 2.10 bits per heavy atom. The smallest absolute Gasteiger partial charge is 0.307 e. The monoisotopic (exact) mass is 306 g/mol. The summed E-state index contributed by atoms with van der Waals surface area (Å²) in [4.78, 5) is 22.8. The third-order valence-electron chi connectivity index (χ3n) is 3.82. The van der Waals surface area contributed by atoms with Crippen LogP contribution in [0.3, 0.4) is 0 Å². The molecule has 0 spiro atoms. The summed E-state index contributed by atoms with van der Waals surface area (Å²) in [5, 5.41) is 11.7. The fraction of sp³-hybridized carbons (Fsp3) is 0.833. The number of aliphatic carboxylic acids is 1. The summed E-state index contributed by atoms with van der Waals surface area (Å²) in [6.07, 6.45) is 2.27. The van der Waals surface area contributed by atoms with Gasteiger partial charge >= 0.3 is 5.97 Å². The van der Waals surface area contributed by atoms with Crippen molar-refractivity contribution in [3.05, 3.63) is 0 Å². The maximum atomic E-state index is 11.9. The highest BCUT2D eigenvalue weighted by Gasteiger charge is 2.30. The lowest BCUT2D eigenvalue weighted by molar-refractivity contribution is -0.146. The van der Waals surface area contributed by atoms with Gasteiger partial charge in [-0.05, 0) is 12.8 Å². The molecule has 1 heterocycles. The number of rotatable bonds is 5. The second-order valence-corrected chi connectivity index (χ2v) is 7.34. The van der Waals surface area contributed by atoms with E-state index in [1.54, 1.807) is 6.92 Å². The molecule has 0 saturated carbocycles. The Bertz CT molecular complexity index is 468. The average molecular weight is 306 g/mol. The van der Waals surface area contributed by atoms with Crippen LogP contribution in [0, 0.1) is 11.8 Å². The summed E-state index contributed by atoms with van der Waals surface area (Å²) in [7, 11) is -3.18.